The van der Waals surface area contributed by atoms with Gasteiger partial charge in [0.25, 0.3) is 0 Å². The first-order valence-corrected chi connectivity index (χ1v) is 5.35. The third-order valence-electron chi connectivity index (χ3n) is 3.53. The molecule has 4 unspecified atom stereocenters. The van der Waals surface area contributed by atoms with Crippen LogP contribution in [0.1, 0.15) is 40.0 Å². The second kappa shape index (κ2) is 4.12. The topological polar surface area (TPSA) is 43.1 Å². The lowest BCUT2D eigenvalue weighted by Crippen LogP contribution is -2.29. The third-order valence-corrected chi connectivity index (χ3v) is 3.53. The van der Waals surface area contributed by atoms with Gasteiger partial charge in [0.15, 0.2) is 0 Å². The van der Waals surface area contributed by atoms with Crippen LogP contribution in [0.3, 0.4) is 0 Å². The summed E-state index contributed by atoms with van der Waals surface area (Å²) in [4.78, 5) is 11.2. The fourth-order valence-corrected chi connectivity index (χ4v) is 1.97. The molecule has 0 heterocycles. The lowest BCUT2D eigenvalue weighted by atomic mass is 9.86. The Bertz CT molecular complexity index is 191. The standard InChI is InChI=1S/C11H21NO/c1-4-7(2)10(11(12)13)6-9-5-8(9)3/h7-10H,4-6H2,1-3H3,(H2,12,13). The van der Waals surface area contributed by atoms with Crippen molar-refractivity contribution in [3.63, 3.8) is 0 Å². The minimum Gasteiger partial charge on any atom is -0.369 e. The zero-order valence-corrected chi connectivity index (χ0v) is 8.92. The van der Waals surface area contributed by atoms with Gasteiger partial charge in [-0.15, -0.1) is 0 Å². The van der Waals surface area contributed by atoms with Gasteiger partial charge in [0.05, 0.1) is 0 Å². The van der Waals surface area contributed by atoms with Crippen LogP contribution < -0.4 is 5.73 Å². The summed E-state index contributed by atoms with van der Waals surface area (Å²) >= 11 is 0. The molecule has 1 saturated carbocycles. The van der Waals surface area contributed by atoms with Gasteiger partial charge in [0.2, 0.25) is 5.91 Å². The van der Waals surface area contributed by atoms with Gasteiger partial charge in [-0.3, -0.25) is 4.79 Å². The normalized spacial score (nSPS) is 31.0. The van der Waals surface area contributed by atoms with Crippen LogP contribution in [-0.4, -0.2) is 5.91 Å². The molecule has 1 aliphatic carbocycles. The second-order valence-electron chi connectivity index (χ2n) is 4.60. The quantitative estimate of drug-likeness (QED) is 0.697. The summed E-state index contributed by atoms with van der Waals surface area (Å²) in [6, 6.07) is 0. The van der Waals surface area contributed by atoms with E-state index in [1.807, 2.05) is 0 Å². The second-order valence-corrected chi connectivity index (χ2v) is 4.60. The highest BCUT2D eigenvalue weighted by molar-refractivity contribution is 5.76. The first-order valence-electron chi connectivity index (χ1n) is 5.35. The highest BCUT2D eigenvalue weighted by Crippen LogP contribution is 2.43. The van der Waals surface area contributed by atoms with Crippen molar-refractivity contribution in [1.29, 1.82) is 0 Å². The SMILES string of the molecule is CCC(C)C(CC1CC1C)C(N)=O. The molecule has 2 N–H and O–H groups in total. The van der Waals surface area contributed by atoms with Gasteiger partial charge in [-0.05, 0) is 30.6 Å². The predicted molar refractivity (Wildman–Crippen MR) is 54.0 cm³/mol. The van der Waals surface area contributed by atoms with Crippen molar-refractivity contribution in [2.45, 2.75) is 40.0 Å². The molecule has 1 fully saturated rings. The van der Waals surface area contributed by atoms with Crippen LogP contribution in [0.2, 0.25) is 0 Å². The zero-order chi connectivity index (χ0) is 10.0. The Morgan fingerprint density at radius 1 is 1.62 bits per heavy atom. The maximum Gasteiger partial charge on any atom is 0.220 e. The van der Waals surface area contributed by atoms with E-state index in [9.17, 15) is 4.79 Å². The molecular formula is C11H21NO. The number of hydrogen-bond acceptors (Lipinski definition) is 1. The Hall–Kier alpha value is -0.530. The summed E-state index contributed by atoms with van der Waals surface area (Å²) in [5.74, 6) is 2.05. The molecule has 0 aromatic heterocycles. The van der Waals surface area contributed by atoms with E-state index < -0.39 is 0 Å². The molecule has 0 aliphatic heterocycles. The Balaban J connectivity index is 2.42. The molecule has 4 atom stereocenters. The Kier molecular flexibility index (Phi) is 3.34. The average molecular weight is 183 g/mol. The van der Waals surface area contributed by atoms with Crippen molar-refractivity contribution < 1.29 is 4.79 Å². The maximum absolute atomic E-state index is 11.2. The molecule has 13 heavy (non-hydrogen) atoms. The summed E-state index contributed by atoms with van der Waals surface area (Å²) in [6.45, 7) is 6.50. The van der Waals surface area contributed by atoms with Crippen LogP contribution in [0.25, 0.3) is 0 Å². The number of primary amides is 1. The van der Waals surface area contributed by atoms with E-state index in [0.717, 1.165) is 24.7 Å². The van der Waals surface area contributed by atoms with Crippen LogP contribution in [0.5, 0.6) is 0 Å². The fourth-order valence-electron chi connectivity index (χ4n) is 1.97. The molecule has 0 aromatic carbocycles. The molecular weight excluding hydrogens is 162 g/mol. The van der Waals surface area contributed by atoms with Gasteiger partial charge >= 0.3 is 0 Å². The molecule has 76 valence electrons. The van der Waals surface area contributed by atoms with Crippen molar-refractivity contribution in [3.05, 3.63) is 0 Å². The first-order chi connectivity index (χ1) is 6.06. The van der Waals surface area contributed by atoms with E-state index in [-0.39, 0.29) is 11.8 Å². The van der Waals surface area contributed by atoms with Gasteiger partial charge in [0, 0.05) is 5.92 Å². The number of hydrogen-bond donors (Lipinski definition) is 1. The average Bonchev–Trinajstić information content (AvgIpc) is 2.76. The maximum atomic E-state index is 11.2. The van der Waals surface area contributed by atoms with Crippen molar-refractivity contribution in [3.8, 4) is 0 Å². The van der Waals surface area contributed by atoms with Crippen LogP contribution in [0.4, 0.5) is 0 Å². The van der Waals surface area contributed by atoms with Crippen LogP contribution >= 0.6 is 0 Å². The van der Waals surface area contributed by atoms with Crippen LogP contribution in [0, 0.1) is 23.7 Å². The summed E-state index contributed by atoms with van der Waals surface area (Å²) < 4.78 is 0. The largest absolute Gasteiger partial charge is 0.369 e. The molecule has 0 saturated heterocycles. The number of carbonyl (C=O) groups excluding carboxylic acids is 1. The van der Waals surface area contributed by atoms with E-state index in [0.29, 0.717) is 5.92 Å². The van der Waals surface area contributed by atoms with Crippen molar-refractivity contribution in [2.24, 2.45) is 29.4 Å². The number of rotatable bonds is 5. The molecule has 0 bridgehead atoms. The molecule has 0 radical (unpaired) electrons. The molecule has 1 rings (SSSR count). The summed E-state index contributed by atoms with van der Waals surface area (Å²) in [5.41, 5.74) is 5.40. The highest BCUT2D eigenvalue weighted by atomic mass is 16.1. The first kappa shape index (κ1) is 10.6. The number of nitrogens with two attached hydrogens (primary N) is 1. The van der Waals surface area contributed by atoms with Crippen LogP contribution in [0.15, 0.2) is 0 Å². The van der Waals surface area contributed by atoms with E-state index in [1.165, 1.54) is 6.42 Å². The molecule has 1 aliphatic rings. The molecule has 2 heteroatoms. The highest BCUT2D eigenvalue weighted by Gasteiger charge is 2.37. The third kappa shape index (κ3) is 2.71. The van der Waals surface area contributed by atoms with Gasteiger partial charge < -0.3 is 5.73 Å². The summed E-state index contributed by atoms with van der Waals surface area (Å²) in [7, 11) is 0. The Labute approximate surface area is 80.9 Å². The number of carbonyl (C=O) groups is 1. The summed E-state index contributed by atoms with van der Waals surface area (Å²) in [6.07, 6.45) is 3.36. The van der Waals surface area contributed by atoms with Crippen LogP contribution in [-0.2, 0) is 4.79 Å². The Morgan fingerprint density at radius 3 is 2.46 bits per heavy atom. The zero-order valence-electron chi connectivity index (χ0n) is 8.92. The number of amides is 1. The minimum atomic E-state index is -0.103. The minimum absolute atomic E-state index is 0.103. The van der Waals surface area contributed by atoms with Gasteiger partial charge in [-0.2, -0.15) is 0 Å². The molecule has 0 aromatic rings. The van der Waals surface area contributed by atoms with Crippen molar-refractivity contribution in [1.82, 2.24) is 0 Å². The smallest absolute Gasteiger partial charge is 0.220 e. The lowest BCUT2D eigenvalue weighted by molar-refractivity contribution is -0.123. The fraction of sp³-hybridized carbons (Fsp3) is 0.909. The van der Waals surface area contributed by atoms with Crippen molar-refractivity contribution >= 4 is 5.91 Å². The van der Waals surface area contributed by atoms with Gasteiger partial charge in [0.1, 0.15) is 0 Å². The monoisotopic (exact) mass is 183 g/mol. The van der Waals surface area contributed by atoms with Gasteiger partial charge in [-0.1, -0.05) is 27.2 Å². The van der Waals surface area contributed by atoms with Crippen molar-refractivity contribution in [2.75, 3.05) is 0 Å². The predicted octanol–water partition coefficient (Wildman–Crippen LogP) is 2.18. The van der Waals surface area contributed by atoms with E-state index in [2.05, 4.69) is 20.8 Å². The molecule has 2 nitrogen and oxygen atoms in total. The van der Waals surface area contributed by atoms with E-state index in [4.69, 9.17) is 5.73 Å². The molecule has 1 amide bonds. The Morgan fingerprint density at radius 2 is 2.15 bits per heavy atom. The van der Waals surface area contributed by atoms with Gasteiger partial charge in [-0.25, -0.2) is 0 Å². The molecule has 0 spiro atoms. The summed E-state index contributed by atoms with van der Waals surface area (Å²) in [5, 5.41) is 0. The van der Waals surface area contributed by atoms with E-state index in [1.54, 1.807) is 0 Å². The van der Waals surface area contributed by atoms with E-state index >= 15 is 0 Å². The lowest BCUT2D eigenvalue weighted by Gasteiger charge is -2.19.